The van der Waals surface area contributed by atoms with Crippen LogP contribution in [0.1, 0.15) is 5.56 Å². The summed E-state index contributed by atoms with van der Waals surface area (Å²) in [6.07, 6.45) is 1.35. The fourth-order valence-corrected chi connectivity index (χ4v) is 1.32. The first kappa shape index (κ1) is 10.4. The highest BCUT2D eigenvalue weighted by molar-refractivity contribution is 5.61. The molecule has 82 valence electrons. The zero-order valence-corrected chi connectivity index (χ0v) is 8.74. The quantitative estimate of drug-likeness (QED) is 0.811. The molecule has 0 radical (unpaired) electrons. The van der Waals surface area contributed by atoms with Gasteiger partial charge in [-0.1, -0.05) is 6.07 Å². The van der Waals surface area contributed by atoms with Crippen LogP contribution in [0, 0.1) is 12.7 Å². The van der Waals surface area contributed by atoms with Crippen LogP contribution in [0.25, 0.3) is 0 Å². The van der Waals surface area contributed by atoms with Crippen LogP contribution in [0.5, 0.6) is 0 Å². The largest absolute Gasteiger partial charge is 0.384 e. The van der Waals surface area contributed by atoms with Gasteiger partial charge in [-0.2, -0.15) is 0 Å². The smallest absolute Gasteiger partial charge is 0.135 e. The Hall–Kier alpha value is -2.17. The predicted molar refractivity (Wildman–Crippen MR) is 60.9 cm³/mol. The van der Waals surface area contributed by atoms with Crippen molar-refractivity contribution in [1.82, 2.24) is 9.97 Å². The van der Waals surface area contributed by atoms with Crippen molar-refractivity contribution in [3.63, 3.8) is 0 Å². The fourth-order valence-electron chi connectivity index (χ4n) is 1.32. The van der Waals surface area contributed by atoms with Gasteiger partial charge in [0.15, 0.2) is 0 Å². The van der Waals surface area contributed by atoms with Crippen LogP contribution >= 0.6 is 0 Å². The van der Waals surface area contributed by atoms with Crippen molar-refractivity contribution in [2.75, 3.05) is 11.1 Å². The molecule has 0 amide bonds. The lowest BCUT2D eigenvalue weighted by atomic mass is 10.2. The molecule has 0 saturated heterocycles. The molecular weight excluding hydrogens is 207 g/mol. The molecule has 0 fully saturated rings. The second-order valence-electron chi connectivity index (χ2n) is 3.37. The van der Waals surface area contributed by atoms with Crippen LogP contribution in [-0.2, 0) is 0 Å². The number of benzene rings is 1. The van der Waals surface area contributed by atoms with E-state index < -0.39 is 0 Å². The molecule has 16 heavy (non-hydrogen) atoms. The highest BCUT2D eigenvalue weighted by atomic mass is 19.1. The third kappa shape index (κ3) is 2.08. The van der Waals surface area contributed by atoms with Crippen molar-refractivity contribution >= 4 is 17.3 Å². The summed E-state index contributed by atoms with van der Waals surface area (Å²) in [5.41, 5.74) is 6.72. The standard InChI is InChI=1S/C11H11FN4/c1-7-8(12)3-2-4-9(7)16-11-5-10(13)14-6-15-11/h2-6H,1H3,(H3,13,14,15,16). The van der Waals surface area contributed by atoms with Gasteiger partial charge in [0.25, 0.3) is 0 Å². The number of hydrogen-bond acceptors (Lipinski definition) is 4. The maximum absolute atomic E-state index is 13.3. The number of nitrogens with zero attached hydrogens (tertiary/aromatic N) is 2. The maximum atomic E-state index is 13.3. The number of nitrogen functional groups attached to an aromatic ring is 1. The van der Waals surface area contributed by atoms with Crippen LogP contribution in [0.15, 0.2) is 30.6 Å². The Morgan fingerprint density at radius 2 is 2.12 bits per heavy atom. The van der Waals surface area contributed by atoms with E-state index in [1.165, 1.54) is 12.4 Å². The first-order chi connectivity index (χ1) is 7.66. The molecule has 0 saturated carbocycles. The van der Waals surface area contributed by atoms with E-state index >= 15 is 0 Å². The molecule has 0 aliphatic rings. The Kier molecular flexibility index (Phi) is 2.68. The lowest BCUT2D eigenvalue weighted by Crippen LogP contribution is -1.99. The molecule has 2 rings (SSSR count). The Bertz CT molecular complexity index is 513. The number of aromatic nitrogens is 2. The van der Waals surface area contributed by atoms with E-state index in [4.69, 9.17) is 5.73 Å². The minimum atomic E-state index is -0.257. The van der Waals surface area contributed by atoms with Gasteiger partial charge >= 0.3 is 0 Å². The molecule has 0 aliphatic heterocycles. The third-order valence-electron chi connectivity index (χ3n) is 2.22. The fraction of sp³-hybridized carbons (Fsp3) is 0.0909. The molecule has 4 nitrogen and oxygen atoms in total. The minimum absolute atomic E-state index is 0.257. The SMILES string of the molecule is Cc1c(F)cccc1Nc1cc(N)ncn1. The molecule has 0 spiro atoms. The highest BCUT2D eigenvalue weighted by Gasteiger charge is 2.04. The van der Waals surface area contributed by atoms with E-state index in [0.717, 1.165) is 0 Å². The second-order valence-corrected chi connectivity index (χ2v) is 3.37. The number of halogens is 1. The van der Waals surface area contributed by atoms with Crippen molar-refractivity contribution in [2.45, 2.75) is 6.92 Å². The van der Waals surface area contributed by atoms with Gasteiger partial charge < -0.3 is 11.1 Å². The van der Waals surface area contributed by atoms with Crippen molar-refractivity contribution in [3.05, 3.63) is 42.0 Å². The maximum Gasteiger partial charge on any atom is 0.135 e. The van der Waals surface area contributed by atoms with Gasteiger partial charge in [-0.3, -0.25) is 0 Å². The Balaban J connectivity index is 2.31. The summed E-state index contributed by atoms with van der Waals surface area (Å²) >= 11 is 0. The molecule has 5 heteroatoms. The van der Waals surface area contributed by atoms with Crippen molar-refractivity contribution in [2.24, 2.45) is 0 Å². The first-order valence-corrected chi connectivity index (χ1v) is 4.76. The first-order valence-electron chi connectivity index (χ1n) is 4.76. The molecule has 0 bridgehead atoms. The predicted octanol–water partition coefficient (Wildman–Crippen LogP) is 2.25. The van der Waals surface area contributed by atoms with E-state index in [1.54, 1.807) is 25.1 Å². The molecule has 0 atom stereocenters. The monoisotopic (exact) mass is 218 g/mol. The zero-order chi connectivity index (χ0) is 11.5. The van der Waals surface area contributed by atoms with E-state index in [1.807, 2.05) is 0 Å². The zero-order valence-electron chi connectivity index (χ0n) is 8.74. The van der Waals surface area contributed by atoms with Crippen LogP contribution in [0.2, 0.25) is 0 Å². The van der Waals surface area contributed by atoms with Gasteiger partial charge in [0.1, 0.15) is 23.8 Å². The molecule has 2 aromatic rings. The number of nitrogens with one attached hydrogen (secondary N) is 1. The van der Waals surface area contributed by atoms with Gasteiger partial charge in [-0.15, -0.1) is 0 Å². The highest BCUT2D eigenvalue weighted by Crippen LogP contribution is 2.21. The number of hydrogen-bond donors (Lipinski definition) is 2. The van der Waals surface area contributed by atoms with Crippen molar-refractivity contribution < 1.29 is 4.39 Å². The minimum Gasteiger partial charge on any atom is -0.384 e. The summed E-state index contributed by atoms with van der Waals surface area (Å²) in [7, 11) is 0. The molecule has 1 aromatic carbocycles. The normalized spacial score (nSPS) is 10.1. The Morgan fingerprint density at radius 3 is 2.88 bits per heavy atom. The molecular formula is C11H11FN4. The third-order valence-corrected chi connectivity index (χ3v) is 2.22. The summed E-state index contributed by atoms with van der Waals surface area (Å²) in [6, 6.07) is 6.41. The number of nitrogens with two attached hydrogens (primary N) is 1. The Labute approximate surface area is 92.3 Å². The summed E-state index contributed by atoms with van der Waals surface area (Å²) in [5.74, 6) is 0.653. The molecule has 1 heterocycles. The second kappa shape index (κ2) is 4.14. The van der Waals surface area contributed by atoms with Crippen molar-refractivity contribution in [1.29, 1.82) is 0 Å². The lowest BCUT2D eigenvalue weighted by Gasteiger charge is -2.09. The summed E-state index contributed by atoms with van der Waals surface area (Å²) < 4.78 is 13.3. The topological polar surface area (TPSA) is 63.8 Å². The lowest BCUT2D eigenvalue weighted by molar-refractivity contribution is 0.619. The number of anilines is 3. The van der Waals surface area contributed by atoms with Gasteiger partial charge in [0, 0.05) is 17.3 Å². The molecule has 1 aromatic heterocycles. The van der Waals surface area contributed by atoms with E-state index in [0.29, 0.717) is 22.9 Å². The van der Waals surface area contributed by atoms with Gasteiger partial charge in [0.2, 0.25) is 0 Å². The molecule has 0 aliphatic carbocycles. The van der Waals surface area contributed by atoms with Crippen LogP contribution in [0.3, 0.4) is 0 Å². The van der Waals surface area contributed by atoms with Crippen molar-refractivity contribution in [3.8, 4) is 0 Å². The molecule has 0 unspecified atom stereocenters. The van der Waals surface area contributed by atoms with E-state index in [2.05, 4.69) is 15.3 Å². The molecule has 3 N–H and O–H groups in total. The van der Waals surface area contributed by atoms with Gasteiger partial charge in [-0.25, -0.2) is 14.4 Å². The van der Waals surface area contributed by atoms with Gasteiger partial charge in [0.05, 0.1) is 0 Å². The summed E-state index contributed by atoms with van der Waals surface area (Å²) in [4.78, 5) is 7.75. The summed E-state index contributed by atoms with van der Waals surface area (Å²) in [6.45, 7) is 1.70. The summed E-state index contributed by atoms with van der Waals surface area (Å²) in [5, 5.41) is 2.98. The van der Waals surface area contributed by atoms with E-state index in [-0.39, 0.29) is 5.82 Å². The van der Waals surface area contributed by atoms with E-state index in [9.17, 15) is 4.39 Å². The average Bonchev–Trinajstić information content (AvgIpc) is 2.25. The average molecular weight is 218 g/mol. The van der Waals surface area contributed by atoms with Crippen LogP contribution in [0.4, 0.5) is 21.7 Å². The Morgan fingerprint density at radius 1 is 1.31 bits per heavy atom. The van der Waals surface area contributed by atoms with Crippen LogP contribution < -0.4 is 11.1 Å². The number of rotatable bonds is 2. The van der Waals surface area contributed by atoms with Gasteiger partial charge in [-0.05, 0) is 19.1 Å². The van der Waals surface area contributed by atoms with Crippen LogP contribution in [-0.4, -0.2) is 9.97 Å².